The van der Waals surface area contributed by atoms with E-state index in [2.05, 4.69) is 33.8 Å². The van der Waals surface area contributed by atoms with Gasteiger partial charge in [-0.2, -0.15) is 9.61 Å². The number of hydrogen-bond donors (Lipinski definition) is 2. The molecule has 0 spiro atoms. The number of benzene rings is 1. The van der Waals surface area contributed by atoms with Crippen LogP contribution in [0.25, 0.3) is 5.65 Å². The third-order valence-electron chi connectivity index (χ3n) is 7.95. The number of carboxylic acids is 1. The van der Waals surface area contributed by atoms with Crippen molar-refractivity contribution in [1.29, 1.82) is 0 Å². The summed E-state index contributed by atoms with van der Waals surface area (Å²) in [5, 5.41) is 17.8. The zero-order valence-corrected chi connectivity index (χ0v) is 27.1. The number of fused-ring (bicyclic) bond motifs is 1. The molecule has 3 heterocycles. The fourth-order valence-electron chi connectivity index (χ4n) is 5.76. The molecule has 1 atom stereocenters. The summed E-state index contributed by atoms with van der Waals surface area (Å²) < 4.78 is 27.1. The highest BCUT2D eigenvalue weighted by atomic mass is 19.1. The van der Waals surface area contributed by atoms with Crippen LogP contribution in [0, 0.1) is 18.7 Å². The number of aryl methyl sites for hydroxylation is 1. The predicted octanol–water partition coefficient (Wildman–Crippen LogP) is 6.41. The number of carbonyl (C=O) groups is 2. The van der Waals surface area contributed by atoms with Gasteiger partial charge in [-0.05, 0) is 52.5 Å². The number of unbranched alkanes of at least 4 members (excludes halogenated alkanes) is 2. The molecule has 2 aromatic heterocycles. The van der Waals surface area contributed by atoms with Crippen LogP contribution in [0.4, 0.5) is 10.2 Å². The summed E-state index contributed by atoms with van der Waals surface area (Å²) >= 11 is 0. The van der Waals surface area contributed by atoms with Crippen molar-refractivity contribution >= 4 is 23.3 Å². The lowest BCUT2D eigenvalue weighted by Crippen LogP contribution is -2.38. The molecule has 1 amide bonds. The quantitative estimate of drug-likeness (QED) is 0.156. The van der Waals surface area contributed by atoms with E-state index in [0.29, 0.717) is 40.0 Å². The number of nitrogens with zero attached hydrogens (tertiary/aromatic N) is 4. The Morgan fingerprint density at radius 1 is 1.22 bits per heavy atom. The van der Waals surface area contributed by atoms with Gasteiger partial charge >= 0.3 is 5.97 Å². The standard InChI is InChI=1S/C34H46FN5O5/c1-7-9-10-11-23-14-16-39(17-15-23)32-29(30(33(42)43)45-34(4,5)6)22(3)37-28-20-26(38-40(28)32)31(41)36-21-24-12-13-25(35)19-27(24)44-18-8-2/h8,12-13,19-20,23,30H,2,7,9-11,14-18,21H2,1,3-6H3,(H,36,41)(H,42,43). The van der Waals surface area contributed by atoms with Gasteiger partial charge in [0.25, 0.3) is 5.91 Å². The van der Waals surface area contributed by atoms with Gasteiger partial charge in [-0.1, -0.05) is 51.3 Å². The SMILES string of the molecule is C=CCOc1cc(F)ccc1CNC(=O)c1cc2nc(C)c(C(OC(C)(C)C)C(=O)O)c(N3CCC(CCCCC)CC3)n2n1. The number of ether oxygens (including phenoxy) is 2. The first-order chi connectivity index (χ1) is 21.4. The number of aliphatic carboxylic acids is 1. The number of aromatic nitrogens is 3. The molecular weight excluding hydrogens is 577 g/mol. The Morgan fingerprint density at radius 2 is 1.96 bits per heavy atom. The van der Waals surface area contributed by atoms with Gasteiger partial charge in [0.2, 0.25) is 0 Å². The Balaban J connectivity index is 1.69. The number of halogens is 1. The zero-order chi connectivity index (χ0) is 32.7. The van der Waals surface area contributed by atoms with Crippen molar-refractivity contribution in [3.8, 4) is 5.75 Å². The minimum atomic E-state index is -1.28. The Bertz CT molecular complexity index is 1510. The van der Waals surface area contributed by atoms with Gasteiger partial charge in [0.15, 0.2) is 17.4 Å². The molecule has 45 heavy (non-hydrogen) atoms. The topological polar surface area (TPSA) is 118 Å². The number of piperidine rings is 1. The summed E-state index contributed by atoms with van der Waals surface area (Å²) in [4.78, 5) is 32.8. The van der Waals surface area contributed by atoms with Crippen LogP contribution in [-0.4, -0.2) is 56.9 Å². The van der Waals surface area contributed by atoms with Crippen molar-refractivity contribution in [3.05, 3.63) is 65.3 Å². The van der Waals surface area contributed by atoms with Crippen LogP contribution in [0.15, 0.2) is 36.9 Å². The summed E-state index contributed by atoms with van der Waals surface area (Å²) in [6, 6.07) is 5.72. The second-order valence-corrected chi connectivity index (χ2v) is 12.6. The molecule has 3 aromatic rings. The lowest BCUT2D eigenvalue weighted by molar-refractivity contribution is -0.160. The molecular formula is C34H46FN5O5. The first kappa shape index (κ1) is 33.9. The van der Waals surface area contributed by atoms with Crippen molar-refractivity contribution in [2.75, 3.05) is 24.6 Å². The Labute approximate surface area is 264 Å². The highest BCUT2D eigenvalue weighted by Crippen LogP contribution is 2.37. The number of carbonyl (C=O) groups excluding carboxylic acids is 1. The molecule has 0 bridgehead atoms. The van der Waals surface area contributed by atoms with E-state index in [1.54, 1.807) is 29.6 Å². The van der Waals surface area contributed by atoms with Gasteiger partial charge in [-0.25, -0.2) is 14.2 Å². The molecule has 244 valence electrons. The van der Waals surface area contributed by atoms with Gasteiger partial charge < -0.3 is 24.8 Å². The minimum absolute atomic E-state index is 0.0794. The highest BCUT2D eigenvalue weighted by molar-refractivity contribution is 5.93. The van der Waals surface area contributed by atoms with E-state index in [9.17, 15) is 19.1 Å². The monoisotopic (exact) mass is 623 g/mol. The maximum atomic E-state index is 13.8. The average Bonchev–Trinajstić information content (AvgIpc) is 3.41. The molecule has 1 aliphatic rings. The summed E-state index contributed by atoms with van der Waals surface area (Å²) in [7, 11) is 0. The molecule has 1 aliphatic heterocycles. The summed E-state index contributed by atoms with van der Waals surface area (Å²) in [6.45, 7) is 14.8. The van der Waals surface area contributed by atoms with Crippen LogP contribution >= 0.6 is 0 Å². The van der Waals surface area contributed by atoms with E-state index in [-0.39, 0.29) is 18.8 Å². The third kappa shape index (κ3) is 8.59. The maximum Gasteiger partial charge on any atom is 0.337 e. The molecule has 2 N–H and O–H groups in total. The number of nitrogens with one attached hydrogen (secondary N) is 1. The maximum absolute atomic E-state index is 13.8. The van der Waals surface area contributed by atoms with Crippen molar-refractivity contribution < 1.29 is 28.6 Å². The van der Waals surface area contributed by atoms with E-state index in [1.165, 1.54) is 37.8 Å². The molecule has 4 rings (SSSR count). The fourth-order valence-corrected chi connectivity index (χ4v) is 5.76. The summed E-state index contributed by atoms with van der Waals surface area (Å²) in [5.74, 6) is -0.523. The fraction of sp³-hybridized carbons (Fsp3) is 0.529. The van der Waals surface area contributed by atoms with Crippen molar-refractivity contribution in [2.24, 2.45) is 5.92 Å². The number of hydrogen-bond acceptors (Lipinski definition) is 7. The van der Waals surface area contributed by atoms with Crippen molar-refractivity contribution in [1.82, 2.24) is 19.9 Å². The Kier molecular flexibility index (Phi) is 11.2. The molecule has 0 saturated carbocycles. The molecule has 10 nitrogen and oxygen atoms in total. The van der Waals surface area contributed by atoms with Gasteiger partial charge in [0.05, 0.1) is 11.2 Å². The number of carboxylic acid groups (broad SMARTS) is 1. The number of anilines is 1. The molecule has 0 radical (unpaired) electrons. The molecule has 11 heteroatoms. The van der Waals surface area contributed by atoms with E-state index in [0.717, 1.165) is 25.9 Å². The largest absolute Gasteiger partial charge is 0.489 e. The van der Waals surface area contributed by atoms with Crippen LogP contribution in [0.1, 0.15) is 99.6 Å². The highest BCUT2D eigenvalue weighted by Gasteiger charge is 2.35. The summed E-state index contributed by atoms with van der Waals surface area (Å²) in [5.41, 5.74) is 1.34. The number of amides is 1. The van der Waals surface area contributed by atoms with Gasteiger partial charge in [0, 0.05) is 43.0 Å². The van der Waals surface area contributed by atoms with E-state index < -0.39 is 29.4 Å². The lowest BCUT2D eigenvalue weighted by Gasteiger charge is -2.36. The molecule has 1 fully saturated rings. The van der Waals surface area contributed by atoms with E-state index in [1.807, 2.05) is 20.8 Å². The minimum Gasteiger partial charge on any atom is -0.489 e. The second-order valence-electron chi connectivity index (χ2n) is 12.6. The third-order valence-corrected chi connectivity index (χ3v) is 7.95. The van der Waals surface area contributed by atoms with Crippen LogP contribution in [0.5, 0.6) is 5.75 Å². The molecule has 1 saturated heterocycles. The predicted molar refractivity (Wildman–Crippen MR) is 171 cm³/mol. The zero-order valence-electron chi connectivity index (χ0n) is 27.1. The van der Waals surface area contributed by atoms with Gasteiger partial charge in [0.1, 0.15) is 24.0 Å². The molecule has 1 unspecified atom stereocenters. The first-order valence-electron chi connectivity index (χ1n) is 15.8. The average molecular weight is 624 g/mol. The second kappa shape index (κ2) is 14.9. The number of rotatable bonds is 14. The van der Waals surface area contributed by atoms with Crippen LogP contribution < -0.4 is 15.0 Å². The lowest BCUT2D eigenvalue weighted by atomic mass is 9.91. The first-order valence-corrected chi connectivity index (χ1v) is 15.8. The smallest absolute Gasteiger partial charge is 0.337 e. The van der Waals surface area contributed by atoms with Crippen LogP contribution in [0.3, 0.4) is 0 Å². The normalized spacial score (nSPS) is 14.8. The van der Waals surface area contributed by atoms with E-state index in [4.69, 9.17) is 9.47 Å². The summed E-state index contributed by atoms with van der Waals surface area (Å²) in [6.07, 6.45) is 7.03. The Morgan fingerprint density at radius 3 is 2.60 bits per heavy atom. The van der Waals surface area contributed by atoms with Gasteiger partial charge in [-0.15, -0.1) is 0 Å². The van der Waals surface area contributed by atoms with Crippen molar-refractivity contribution in [3.63, 3.8) is 0 Å². The van der Waals surface area contributed by atoms with Gasteiger partial charge in [-0.3, -0.25) is 4.79 Å². The van der Waals surface area contributed by atoms with Crippen LogP contribution in [-0.2, 0) is 16.1 Å². The molecule has 0 aliphatic carbocycles. The van der Waals surface area contributed by atoms with Crippen molar-refractivity contribution in [2.45, 2.75) is 91.4 Å². The Hall–Kier alpha value is -3.99. The molecule has 1 aromatic carbocycles. The van der Waals surface area contributed by atoms with Crippen LogP contribution in [0.2, 0.25) is 0 Å². The van der Waals surface area contributed by atoms with E-state index >= 15 is 0 Å².